The second kappa shape index (κ2) is 7.42. The third-order valence-corrected chi connectivity index (χ3v) is 4.90. The smallest absolute Gasteiger partial charge is 0.364 e. The lowest BCUT2D eigenvalue weighted by atomic mass is 9.98. The van der Waals surface area contributed by atoms with Crippen LogP contribution in [0.2, 0.25) is 0 Å². The van der Waals surface area contributed by atoms with E-state index in [1.54, 1.807) is 14.2 Å². The van der Waals surface area contributed by atoms with E-state index in [0.29, 0.717) is 0 Å². The van der Waals surface area contributed by atoms with Crippen molar-refractivity contribution < 1.29 is 14.2 Å². The molecule has 0 spiro atoms. The summed E-state index contributed by atoms with van der Waals surface area (Å²) in [7, 11) is 3.17. The molecule has 0 atom stereocenters. The van der Waals surface area contributed by atoms with Gasteiger partial charge in [-0.1, -0.05) is 60.7 Å². The molecular weight excluding hydrogens is 336 g/mol. The summed E-state index contributed by atoms with van der Waals surface area (Å²) < 4.78 is 17.4. The molecule has 0 fully saturated rings. The van der Waals surface area contributed by atoms with Gasteiger partial charge < -0.3 is 14.2 Å². The van der Waals surface area contributed by atoms with Crippen molar-refractivity contribution in [2.24, 2.45) is 0 Å². The normalized spacial score (nSPS) is 14.5. The molecule has 4 rings (SSSR count). The van der Waals surface area contributed by atoms with E-state index in [0.717, 1.165) is 40.5 Å². The first-order valence-corrected chi connectivity index (χ1v) is 9.08. The van der Waals surface area contributed by atoms with Gasteiger partial charge in [0.05, 0.1) is 0 Å². The molecule has 1 aliphatic rings. The molecule has 0 saturated heterocycles. The molecule has 1 heterocycles. The molecule has 0 unspecified atom stereocenters. The van der Waals surface area contributed by atoms with Crippen molar-refractivity contribution in [2.45, 2.75) is 18.8 Å². The Bertz CT molecular complexity index is 1010. The molecule has 3 aromatic carbocycles. The van der Waals surface area contributed by atoms with E-state index < -0.39 is 5.97 Å². The Morgan fingerprint density at radius 2 is 1.67 bits per heavy atom. The third kappa shape index (κ3) is 3.17. The highest BCUT2D eigenvalue weighted by molar-refractivity contribution is 5.99. The number of rotatable bonds is 5. The van der Waals surface area contributed by atoms with Crippen molar-refractivity contribution in [3.63, 3.8) is 0 Å². The summed E-state index contributed by atoms with van der Waals surface area (Å²) in [5, 5.41) is 2.25. The molecule has 0 aromatic heterocycles. The number of ether oxygens (including phenoxy) is 3. The van der Waals surface area contributed by atoms with Crippen LogP contribution in [0.3, 0.4) is 0 Å². The molecule has 0 aliphatic carbocycles. The largest absolute Gasteiger partial charge is 0.434 e. The second-order valence-corrected chi connectivity index (χ2v) is 6.47. The Labute approximate surface area is 159 Å². The Morgan fingerprint density at radius 1 is 0.926 bits per heavy atom. The van der Waals surface area contributed by atoms with Crippen LogP contribution >= 0.6 is 0 Å². The van der Waals surface area contributed by atoms with Gasteiger partial charge in [0, 0.05) is 19.8 Å². The summed E-state index contributed by atoms with van der Waals surface area (Å²) in [4.78, 5) is 0. The van der Waals surface area contributed by atoms with E-state index in [9.17, 15) is 0 Å². The molecule has 3 nitrogen and oxygen atoms in total. The van der Waals surface area contributed by atoms with Crippen LogP contribution in [-0.4, -0.2) is 20.2 Å². The maximum absolute atomic E-state index is 6.06. The lowest BCUT2D eigenvalue weighted by Crippen LogP contribution is -2.37. The van der Waals surface area contributed by atoms with Gasteiger partial charge >= 0.3 is 5.97 Å². The number of aryl methyl sites for hydroxylation is 1. The summed E-state index contributed by atoms with van der Waals surface area (Å²) in [5.41, 5.74) is 6.46. The molecule has 0 N–H and O–H groups in total. The first kappa shape index (κ1) is 17.6. The predicted molar refractivity (Wildman–Crippen MR) is 108 cm³/mol. The Hall–Kier alpha value is -2.84. The summed E-state index contributed by atoms with van der Waals surface area (Å²) in [6.45, 7) is 0. The van der Waals surface area contributed by atoms with E-state index in [2.05, 4.69) is 42.1 Å². The SMILES string of the molecule is COC1(OC)Oc2ccc3ccccc3c2C1=C=CCCc1ccccc1. The number of benzene rings is 3. The average Bonchev–Trinajstić information content (AvgIpc) is 3.06. The topological polar surface area (TPSA) is 27.7 Å². The Kier molecular flexibility index (Phi) is 4.83. The highest BCUT2D eigenvalue weighted by Crippen LogP contribution is 2.47. The van der Waals surface area contributed by atoms with Crippen molar-refractivity contribution in [3.05, 3.63) is 89.7 Å². The van der Waals surface area contributed by atoms with E-state index in [4.69, 9.17) is 14.2 Å². The fourth-order valence-corrected chi connectivity index (χ4v) is 3.53. The first-order valence-electron chi connectivity index (χ1n) is 9.08. The zero-order chi connectivity index (χ0) is 18.7. The highest BCUT2D eigenvalue weighted by Gasteiger charge is 2.46. The van der Waals surface area contributed by atoms with Crippen molar-refractivity contribution in [1.29, 1.82) is 0 Å². The molecule has 0 bridgehead atoms. The maximum Gasteiger partial charge on any atom is 0.364 e. The molecule has 27 heavy (non-hydrogen) atoms. The molecule has 1 aliphatic heterocycles. The third-order valence-electron chi connectivity index (χ3n) is 4.90. The predicted octanol–water partition coefficient (Wildman–Crippen LogP) is 5.35. The minimum Gasteiger partial charge on any atom is -0.434 e. The monoisotopic (exact) mass is 358 g/mol. The minimum atomic E-state index is -1.27. The Morgan fingerprint density at radius 3 is 2.44 bits per heavy atom. The standard InChI is InChI=1S/C24H22O3/c1-25-24(26-2)21(15-9-6-12-18-10-4-3-5-11-18)23-20-14-8-7-13-19(20)16-17-22(23)27-24/h3-5,7-11,13-14,16-17H,6,12H2,1-2H3. The summed E-state index contributed by atoms with van der Waals surface area (Å²) in [5.74, 6) is -0.522. The van der Waals surface area contributed by atoms with E-state index >= 15 is 0 Å². The average molecular weight is 358 g/mol. The van der Waals surface area contributed by atoms with Gasteiger partial charge in [-0.15, -0.1) is 5.73 Å². The van der Waals surface area contributed by atoms with Crippen molar-refractivity contribution in [2.75, 3.05) is 14.2 Å². The van der Waals surface area contributed by atoms with Gasteiger partial charge in [0.25, 0.3) is 0 Å². The Balaban J connectivity index is 1.76. The number of fused-ring (bicyclic) bond motifs is 3. The van der Waals surface area contributed by atoms with Crippen molar-refractivity contribution in [3.8, 4) is 5.75 Å². The highest BCUT2D eigenvalue weighted by atomic mass is 16.9. The summed E-state index contributed by atoms with van der Waals surface area (Å²) in [6, 6.07) is 22.7. The van der Waals surface area contributed by atoms with Gasteiger partial charge in [-0.25, -0.2) is 0 Å². The van der Waals surface area contributed by atoms with E-state index in [1.165, 1.54) is 5.56 Å². The van der Waals surface area contributed by atoms with Crippen LogP contribution in [0.25, 0.3) is 16.3 Å². The van der Waals surface area contributed by atoms with Crippen molar-refractivity contribution in [1.82, 2.24) is 0 Å². The molecule has 136 valence electrons. The van der Waals surface area contributed by atoms with Crippen molar-refractivity contribution >= 4 is 16.3 Å². The summed E-state index contributed by atoms with van der Waals surface area (Å²) >= 11 is 0. The number of hydrogen-bond donors (Lipinski definition) is 0. The maximum atomic E-state index is 6.06. The van der Waals surface area contributed by atoms with Crippen LogP contribution in [0, 0.1) is 0 Å². The van der Waals surface area contributed by atoms with E-state index in [1.807, 2.05) is 36.4 Å². The van der Waals surface area contributed by atoms with Crippen LogP contribution in [0.1, 0.15) is 17.5 Å². The van der Waals surface area contributed by atoms with Crippen LogP contribution < -0.4 is 4.74 Å². The zero-order valence-electron chi connectivity index (χ0n) is 15.6. The lowest BCUT2D eigenvalue weighted by Gasteiger charge is -2.24. The molecule has 0 amide bonds. The van der Waals surface area contributed by atoms with Gasteiger partial charge in [-0.2, -0.15) is 0 Å². The van der Waals surface area contributed by atoms with Gasteiger partial charge in [0.1, 0.15) is 11.3 Å². The summed E-state index contributed by atoms with van der Waals surface area (Å²) in [6.07, 6.45) is 3.86. The van der Waals surface area contributed by atoms with E-state index in [-0.39, 0.29) is 0 Å². The quantitative estimate of drug-likeness (QED) is 0.454. The van der Waals surface area contributed by atoms with Gasteiger partial charge in [0.2, 0.25) is 0 Å². The molecule has 3 aromatic rings. The van der Waals surface area contributed by atoms with Gasteiger partial charge in [-0.05, 0) is 41.3 Å². The molecule has 0 radical (unpaired) electrons. The van der Waals surface area contributed by atoms with Crippen LogP contribution in [0.15, 0.2) is 78.5 Å². The van der Waals surface area contributed by atoms with Crippen LogP contribution in [0.4, 0.5) is 0 Å². The van der Waals surface area contributed by atoms with Gasteiger partial charge in [-0.3, -0.25) is 0 Å². The molecule has 3 heteroatoms. The van der Waals surface area contributed by atoms with Crippen LogP contribution in [-0.2, 0) is 15.9 Å². The van der Waals surface area contributed by atoms with Gasteiger partial charge in [0.15, 0.2) is 0 Å². The fraction of sp³-hybridized carbons (Fsp3) is 0.208. The van der Waals surface area contributed by atoms with Crippen LogP contribution in [0.5, 0.6) is 5.75 Å². The number of methoxy groups -OCH3 is 2. The minimum absolute atomic E-state index is 0.747. The first-order chi connectivity index (χ1) is 13.3. The molecule has 0 saturated carbocycles. The number of hydrogen-bond acceptors (Lipinski definition) is 3. The second-order valence-electron chi connectivity index (χ2n) is 6.47. The zero-order valence-corrected chi connectivity index (χ0v) is 15.6. The molecular formula is C24H22O3. The fourth-order valence-electron chi connectivity index (χ4n) is 3.53. The lowest BCUT2D eigenvalue weighted by molar-refractivity contribution is -0.272.